The molecular formula is C9H11NOS2. The van der Waals surface area contributed by atoms with Crippen LogP contribution in [0.4, 0.5) is 0 Å². The van der Waals surface area contributed by atoms with Gasteiger partial charge in [-0.1, -0.05) is 12.2 Å². The Morgan fingerprint density at radius 2 is 2.38 bits per heavy atom. The third kappa shape index (κ3) is 2.97. The average molecular weight is 213 g/mol. The first-order valence-electron chi connectivity index (χ1n) is 3.85. The molecule has 1 heterocycles. The summed E-state index contributed by atoms with van der Waals surface area (Å²) < 4.78 is 2.60. The van der Waals surface area contributed by atoms with Gasteiger partial charge in [-0.15, -0.1) is 11.8 Å². The van der Waals surface area contributed by atoms with E-state index < -0.39 is 0 Å². The predicted octanol–water partition coefficient (Wildman–Crippen LogP) is 2.29. The number of carbonyl (C=O) groups is 1. The highest BCUT2D eigenvalue weighted by molar-refractivity contribution is 8.22. The fourth-order valence-corrected chi connectivity index (χ4v) is 1.38. The summed E-state index contributed by atoms with van der Waals surface area (Å²) in [6.07, 6.45) is 5.92. The fraction of sp³-hybridized carbons (Fsp3) is 0.333. The molecule has 0 saturated carbocycles. The molecule has 13 heavy (non-hydrogen) atoms. The van der Waals surface area contributed by atoms with Gasteiger partial charge < -0.3 is 4.57 Å². The molecule has 0 amide bonds. The van der Waals surface area contributed by atoms with E-state index in [1.807, 2.05) is 36.3 Å². The highest BCUT2D eigenvalue weighted by Crippen LogP contribution is 2.09. The number of aromatic nitrogens is 1. The molecule has 1 rings (SSSR count). The molecule has 2 nitrogen and oxygen atoms in total. The van der Waals surface area contributed by atoms with Crippen molar-refractivity contribution in [2.75, 3.05) is 6.26 Å². The molecule has 0 unspecified atom stereocenters. The lowest BCUT2D eigenvalue weighted by Gasteiger charge is -1.96. The first kappa shape index (κ1) is 10.5. The third-order valence-corrected chi connectivity index (χ3v) is 2.93. The van der Waals surface area contributed by atoms with Gasteiger partial charge in [0, 0.05) is 25.0 Å². The molecule has 0 fully saturated rings. The fourth-order valence-electron chi connectivity index (χ4n) is 0.974. The van der Waals surface area contributed by atoms with Gasteiger partial charge in [-0.3, -0.25) is 4.79 Å². The number of thiocarbonyl (C=S) groups is 1. The van der Waals surface area contributed by atoms with Crippen LogP contribution in [0, 0.1) is 0 Å². The zero-order valence-corrected chi connectivity index (χ0v) is 9.24. The van der Waals surface area contributed by atoms with Crippen LogP contribution in [0.2, 0.25) is 0 Å². The maximum absolute atomic E-state index is 11.5. The molecule has 0 aliphatic rings. The van der Waals surface area contributed by atoms with Gasteiger partial charge in [0.15, 0.2) is 5.78 Å². The van der Waals surface area contributed by atoms with E-state index in [2.05, 4.69) is 0 Å². The van der Waals surface area contributed by atoms with E-state index in [-0.39, 0.29) is 5.78 Å². The summed E-state index contributed by atoms with van der Waals surface area (Å²) in [5, 5.41) is 0. The van der Waals surface area contributed by atoms with Crippen LogP contribution >= 0.6 is 24.0 Å². The average Bonchev–Trinajstić information content (AvgIpc) is 2.51. The van der Waals surface area contributed by atoms with Gasteiger partial charge in [0.25, 0.3) is 0 Å². The van der Waals surface area contributed by atoms with Crippen molar-refractivity contribution in [2.24, 2.45) is 7.05 Å². The normalized spacial score (nSPS) is 10.0. The molecule has 0 radical (unpaired) electrons. The number of rotatable bonds is 3. The van der Waals surface area contributed by atoms with Crippen LogP contribution in [0.1, 0.15) is 16.8 Å². The number of thioether (sulfide) groups is 1. The van der Waals surface area contributed by atoms with Gasteiger partial charge >= 0.3 is 0 Å². The van der Waals surface area contributed by atoms with Crippen molar-refractivity contribution in [3.05, 3.63) is 24.0 Å². The summed E-state index contributed by atoms with van der Waals surface area (Å²) in [6, 6.07) is 1.81. The van der Waals surface area contributed by atoms with Gasteiger partial charge in [-0.05, 0) is 12.3 Å². The molecule has 0 aliphatic heterocycles. The largest absolute Gasteiger partial charge is 0.357 e. The number of nitrogens with zero attached hydrogens (tertiary/aromatic N) is 1. The van der Waals surface area contributed by atoms with Crippen LogP contribution < -0.4 is 0 Å². The van der Waals surface area contributed by atoms with Crippen LogP contribution in [0.3, 0.4) is 0 Å². The summed E-state index contributed by atoms with van der Waals surface area (Å²) in [7, 11) is 1.89. The SMILES string of the molecule is CSC(=S)CC(=O)c1ccn(C)c1. The van der Waals surface area contributed by atoms with E-state index in [0.717, 1.165) is 9.76 Å². The lowest BCUT2D eigenvalue weighted by molar-refractivity contribution is 0.100. The summed E-state index contributed by atoms with van der Waals surface area (Å²) >= 11 is 6.43. The molecular weight excluding hydrogens is 202 g/mol. The first-order valence-corrected chi connectivity index (χ1v) is 5.49. The summed E-state index contributed by atoms with van der Waals surface area (Å²) in [5.74, 6) is 0.0972. The van der Waals surface area contributed by atoms with E-state index in [1.165, 1.54) is 11.8 Å². The van der Waals surface area contributed by atoms with Crippen molar-refractivity contribution in [3.63, 3.8) is 0 Å². The molecule has 1 aromatic rings. The Bertz CT molecular complexity index is 330. The third-order valence-electron chi connectivity index (χ3n) is 1.69. The highest BCUT2D eigenvalue weighted by atomic mass is 32.2. The first-order chi connectivity index (χ1) is 6.13. The van der Waals surface area contributed by atoms with Gasteiger partial charge in [-0.25, -0.2) is 0 Å². The maximum Gasteiger partial charge on any atom is 0.170 e. The molecule has 0 N–H and O–H groups in total. The van der Waals surface area contributed by atoms with E-state index in [4.69, 9.17) is 12.2 Å². The Balaban J connectivity index is 2.64. The van der Waals surface area contributed by atoms with Gasteiger partial charge in [-0.2, -0.15) is 0 Å². The Labute approximate surface area is 87.3 Å². The molecule has 0 atom stereocenters. The zero-order chi connectivity index (χ0) is 9.84. The maximum atomic E-state index is 11.5. The van der Waals surface area contributed by atoms with Crippen molar-refractivity contribution in [2.45, 2.75) is 6.42 Å². The minimum absolute atomic E-state index is 0.0972. The van der Waals surface area contributed by atoms with Crippen LogP contribution in [-0.4, -0.2) is 20.8 Å². The van der Waals surface area contributed by atoms with E-state index >= 15 is 0 Å². The van der Waals surface area contributed by atoms with E-state index in [0.29, 0.717) is 6.42 Å². The number of hydrogen-bond acceptors (Lipinski definition) is 3. The summed E-state index contributed by atoms with van der Waals surface area (Å²) in [4.78, 5) is 11.5. The summed E-state index contributed by atoms with van der Waals surface area (Å²) in [6.45, 7) is 0. The number of ketones is 1. The second-order valence-corrected chi connectivity index (χ2v) is 4.39. The Morgan fingerprint density at radius 1 is 1.69 bits per heavy atom. The zero-order valence-electron chi connectivity index (χ0n) is 7.61. The van der Waals surface area contributed by atoms with E-state index in [9.17, 15) is 4.79 Å². The second-order valence-electron chi connectivity index (χ2n) is 2.74. The smallest absolute Gasteiger partial charge is 0.170 e. The van der Waals surface area contributed by atoms with Crippen molar-refractivity contribution >= 4 is 34.0 Å². The minimum atomic E-state index is 0.0972. The Kier molecular flexibility index (Phi) is 3.69. The molecule has 0 spiro atoms. The number of Topliss-reactive ketones (excluding diaryl/α,β-unsaturated/α-hetero) is 1. The number of hydrogen-bond donors (Lipinski definition) is 0. The van der Waals surface area contributed by atoms with Gasteiger partial charge in [0.2, 0.25) is 0 Å². The monoisotopic (exact) mass is 213 g/mol. The lowest BCUT2D eigenvalue weighted by Crippen LogP contribution is -2.02. The Hall–Kier alpha value is -0.610. The molecule has 0 saturated heterocycles. The molecule has 1 aromatic heterocycles. The van der Waals surface area contributed by atoms with Crippen LogP contribution in [-0.2, 0) is 7.05 Å². The van der Waals surface area contributed by atoms with Crippen molar-refractivity contribution in [3.8, 4) is 0 Å². The summed E-state index contributed by atoms with van der Waals surface area (Å²) in [5.41, 5.74) is 0.735. The predicted molar refractivity (Wildman–Crippen MR) is 60.5 cm³/mol. The van der Waals surface area contributed by atoms with Gasteiger partial charge in [0.05, 0.1) is 10.6 Å². The number of carbonyl (C=O) groups excluding carboxylic acids is 1. The number of aryl methyl sites for hydroxylation is 1. The highest BCUT2D eigenvalue weighted by Gasteiger charge is 2.08. The van der Waals surface area contributed by atoms with E-state index in [1.54, 1.807) is 0 Å². The second kappa shape index (κ2) is 4.58. The molecule has 4 heteroatoms. The Morgan fingerprint density at radius 3 is 2.85 bits per heavy atom. The topological polar surface area (TPSA) is 22.0 Å². The molecule has 70 valence electrons. The van der Waals surface area contributed by atoms with Crippen LogP contribution in [0.15, 0.2) is 18.5 Å². The molecule has 0 bridgehead atoms. The lowest BCUT2D eigenvalue weighted by atomic mass is 10.2. The van der Waals surface area contributed by atoms with Crippen molar-refractivity contribution < 1.29 is 4.79 Å². The van der Waals surface area contributed by atoms with Crippen LogP contribution in [0.25, 0.3) is 0 Å². The van der Waals surface area contributed by atoms with Gasteiger partial charge in [0.1, 0.15) is 0 Å². The quantitative estimate of drug-likeness (QED) is 0.568. The minimum Gasteiger partial charge on any atom is -0.357 e. The van der Waals surface area contributed by atoms with Crippen molar-refractivity contribution in [1.29, 1.82) is 0 Å². The standard InChI is InChI=1S/C9H11NOS2/c1-10-4-3-7(6-10)8(11)5-9(12)13-2/h3-4,6H,5H2,1-2H3. The van der Waals surface area contributed by atoms with Crippen LogP contribution in [0.5, 0.6) is 0 Å². The molecule has 0 aromatic carbocycles. The van der Waals surface area contributed by atoms with Crippen molar-refractivity contribution in [1.82, 2.24) is 4.57 Å². The molecule has 0 aliphatic carbocycles.